The topological polar surface area (TPSA) is 113 Å². The van der Waals surface area contributed by atoms with Crippen LogP contribution in [0.2, 0.25) is 0 Å². The zero-order valence-corrected chi connectivity index (χ0v) is 18.9. The van der Waals surface area contributed by atoms with Gasteiger partial charge >= 0.3 is 5.97 Å². The van der Waals surface area contributed by atoms with Crippen molar-refractivity contribution >= 4 is 27.8 Å². The molecule has 3 rings (SSSR count). The van der Waals surface area contributed by atoms with Crippen LogP contribution < -0.4 is 5.32 Å². The number of hydrogen-bond acceptors (Lipinski definition) is 6. The number of carbonyl (C=O) groups excluding carboxylic acids is 3. The zero-order valence-electron chi connectivity index (χ0n) is 18.1. The summed E-state index contributed by atoms with van der Waals surface area (Å²) in [5.74, 6) is -2.59. The Morgan fingerprint density at radius 2 is 1.79 bits per heavy atom. The molecule has 1 aliphatic heterocycles. The molecule has 0 radical (unpaired) electrons. The van der Waals surface area contributed by atoms with Crippen molar-refractivity contribution in [2.75, 3.05) is 26.7 Å². The highest BCUT2D eigenvalue weighted by Gasteiger charge is 2.42. The highest BCUT2D eigenvalue weighted by molar-refractivity contribution is 7.89. The second-order valence-corrected chi connectivity index (χ2v) is 9.35. The molecule has 176 valence electrons. The molecule has 0 unspecified atom stereocenters. The first-order valence-corrected chi connectivity index (χ1v) is 11.6. The predicted molar refractivity (Wildman–Crippen MR) is 116 cm³/mol. The van der Waals surface area contributed by atoms with E-state index in [2.05, 4.69) is 10.1 Å². The van der Waals surface area contributed by atoms with E-state index in [4.69, 9.17) is 0 Å². The summed E-state index contributed by atoms with van der Waals surface area (Å²) in [7, 11) is -2.92. The summed E-state index contributed by atoms with van der Waals surface area (Å²) in [6, 6.07) is 10.4. The van der Waals surface area contributed by atoms with Gasteiger partial charge < -0.3 is 15.0 Å². The van der Waals surface area contributed by atoms with Crippen LogP contribution in [0.4, 0.5) is 4.39 Å². The van der Waals surface area contributed by atoms with Crippen LogP contribution in [-0.2, 0) is 24.3 Å². The van der Waals surface area contributed by atoms with Crippen LogP contribution in [0.3, 0.4) is 0 Å². The SMILES string of the molecule is COC(=O)[C@@H](C)NC(=O)[C@@H]1CN(C(=O)c2cccc(F)c2)CCN1S(=O)(=O)c1ccccc1. The number of halogens is 1. The minimum Gasteiger partial charge on any atom is -0.467 e. The third-order valence-electron chi connectivity index (χ3n) is 5.26. The first-order valence-electron chi connectivity index (χ1n) is 10.1. The van der Waals surface area contributed by atoms with Gasteiger partial charge in [0.05, 0.1) is 12.0 Å². The maximum atomic E-state index is 13.6. The molecule has 0 aromatic heterocycles. The Morgan fingerprint density at radius 1 is 1.09 bits per heavy atom. The van der Waals surface area contributed by atoms with Gasteiger partial charge in [-0.3, -0.25) is 9.59 Å². The summed E-state index contributed by atoms with van der Waals surface area (Å²) in [4.78, 5) is 39.0. The molecule has 2 amide bonds. The summed E-state index contributed by atoms with van der Waals surface area (Å²) in [6.07, 6.45) is 0. The lowest BCUT2D eigenvalue weighted by molar-refractivity contribution is -0.145. The fraction of sp³-hybridized carbons (Fsp3) is 0.318. The lowest BCUT2D eigenvalue weighted by Crippen LogP contribution is -2.62. The van der Waals surface area contributed by atoms with Gasteiger partial charge in [-0.05, 0) is 37.3 Å². The van der Waals surface area contributed by atoms with Gasteiger partial charge in [0, 0.05) is 25.2 Å². The normalized spacial score (nSPS) is 17.8. The number of methoxy groups -OCH3 is 1. The van der Waals surface area contributed by atoms with E-state index in [1.807, 2.05) is 0 Å². The van der Waals surface area contributed by atoms with Crippen LogP contribution in [0, 0.1) is 5.82 Å². The number of benzene rings is 2. The zero-order chi connectivity index (χ0) is 24.2. The minimum absolute atomic E-state index is 0.00224. The molecule has 1 heterocycles. The first-order chi connectivity index (χ1) is 15.6. The van der Waals surface area contributed by atoms with Gasteiger partial charge in [0.15, 0.2) is 0 Å². The molecule has 9 nitrogen and oxygen atoms in total. The van der Waals surface area contributed by atoms with Gasteiger partial charge in [-0.2, -0.15) is 4.31 Å². The number of ether oxygens (including phenoxy) is 1. The molecular formula is C22H24FN3O6S. The summed E-state index contributed by atoms with van der Waals surface area (Å²) < 4.78 is 45.8. The number of rotatable bonds is 6. The van der Waals surface area contributed by atoms with E-state index < -0.39 is 45.7 Å². The van der Waals surface area contributed by atoms with Crippen molar-refractivity contribution in [3.63, 3.8) is 0 Å². The van der Waals surface area contributed by atoms with Crippen LogP contribution >= 0.6 is 0 Å². The minimum atomic E-state index is -4.08. The Balaban J connectivity index is 1.91. The summed E-state index contributed by atoms with van der Waals surface area (Å²) >= 11 is 0. The Hall–Kier alpha value is -3.31. The molecule has 1 saturated heterocycles. The quantitative estimate of drug-likeness (QED) is 0.622. The van der Waals surface area contributed by atoms with Crippen molar-refractivity contribution in [2.45, 2.75) is 23.9 Å². The summed E-state index contributed by atoms with van der Waals surface area (Å²) in [6.45, 7) is 0.958. The molecule has 0 spiro atoms. The van der Waals surface area contributed by atoms with Crippen molar-refractivity contribution < 1.29 is 31.9 Å². The second-order valence-electron chi connectivity index (χ2n) is 7.46. The monoisotopic (exact) mass is 477 g/mol. The van der Waals surface area contributed by atoms with E-state index in [9.17, 15) is 27.2 Å². The summed E-state index contributed by atoms with van der Waals surface area (Å²) in [5.41, 5.74) is 0.0800. The number of piperazine rings is 1. The molecule has 33 heavy (non-hydrogen) atoms. The highest BCUT2D eigenvalue weighted by Crippen LogP contribution is 2.23. The van der Waals surface area contributed by atoms with Crippen molar-refractivity contribution in [2.24, 2.45) is 0 Å². The molecule has 2 aromatic rings. The Labute approximate surface area is 191 Å². The molecule has 0 saturated carbocycles. The molecule has 0 aliphatic carbocycles. The van der Waals surface area contributed by atoms with E-state index in [0.717, 1.165) is 17.5 Å². The van der Waals surface area contributed by atoms with Crippen LogP contribution in [0.1, 0.15) is 17.3 Å². The van der Waals surface area contributed by atoms with E-state index in [-0.39, 0.29) is 30.1 Å². The van der Waals surface area contributed by atoms with Gasteiger partial charge in [-0.15, -0.1) is 0 Å². The highest BCUT2D eigenvalue weighted by atomic mass is 32.2. The number of amides is 2. The van der Waals surface area contributed by atoms with Crippen LogP contribution in [0.15, 0.2) is 59.5 Å². The number of sulfonamides is 1. The Morgan fingerprint density at radius 3 is 2.42 bits per heavy atom. The molecule has 0 bridgehead atoms. The van der Waals surface area contributed by atoms with Crippen molar-refractivity contribution in [3.8, 4) is 0 Å². The molecule has 1 aliphatic rings. The van der Waals surface area contributed by atoms with Crippen LogP contribution in [0.5, 0.6) is 0 Å². The van der Waals surface area contributed by atoms with Gasteiger partial charge in [-0.1, -0.05) is 24.3 Å². The van der Waals surface area contributed by atoms with E-state index in [1.165, 1.54) is 42.2 Å². The maximum Gasteiger partial charge on any atom is 0.328 e. The fourth-order valence-corrected chi connectivity index (χ4v) is 5.12. The lowest BCUT2D eigenvalue weighted by atomic mass is 10.1. The van der Waals surface area contributed by atoms with Crippen molar-refractivity contribution in [1.29, 1.82) is 0 Å². The molecule has 2 aromatic carbocycles. The third-order valence-corrected chi connectivity index (χ3v) is 7.18. The molecule has 11 heteroatoms. The van der Waals surface area contributed by atoms with E-state index in [1.54, 1.807) is 18.2 Å². The van der Waals surface area contributed by atoms with Gasteiger partial charge in [0.2, 0.25) is 15.9 Å². The van der Waals surface area contributed by atoms with Gasteiger partial charge in [-0.25, -0.2) is 17.6 Å². The average molecular weight is 478 g/mol. The maximum absolute atomic E-state index is 13.6. The number of hydrogen-bond donors (Lipinski definition) is 1. The number of carbonyl (C=O) groups is 3. The van der Waals surface area contributed by atoms with E-state index >= 15 is 0 Å². The molecule has 1 fully saturated rings. The standard InChI is InChI=1S/C22H24FN3O6S/c1-15(22(29)32-2)24-20(27)19-14-25(21(28)16-7-6-8-17(23)13-16)11-12-26(19)33(30,31)18-9-4-3-5-10-18/h3-10,13,15,19H,11-12,14H2,1-2H3,(H,24,27)/t15-,19+/m1/s1. The van der Waals surface area contributed by atoms with Crippen LogP contribution in [0.25, 0.3) is 0 Å². The largest absolute Gasteiger partial charge is 0.467 e. The number of nitrogens with one attached hydrogen (secondary N) is 1. The van der Waals surface area contributed by atoms with Gasteiger partial charge in [0.1, 0.15) is 17.9 Å². The smallest absolute Gasteiger partial charge is 0.328 e. The first kappa shape index (κ1) is 24.3. The van der Waals surface area contributed by atoms with Crippen LogP contribution in [-0.4, -0.2) is 74.2 Å². The van der Waals surface area contributed by atoms with Gasteiger partial charge in [0.25, 0.3) is 5.91 Å². The third kappa shape index (κ3) is 5.37. The second kappa shape index (κ2) is 10.1. The predicted octanol–water partition coefficient (Wildman–Crippen LogP) is 1.02. The molecule has 1 N–H and O–H groups in total. The van der Waals surface area contributed by atoms with Crippen molar-refractivity contribution in [1.82, 2.24) is 14.5 Å². The Bertz CT molecular complexity index is 1140. The molecule has 2 atom stereocenters. The summed E-state index contributed by atoms with van der Waals surface area (Å²) in [5, 5.41) is 2.44. The molecular weight excluding hydrogens is 453 g/mol. The fourth-order valence-electron chi connectivity index (χ4n) is 3.53. The Kier molecular flexibility index (Phi) is 7.44. The number of esters is 1. The lowest BCUT2D eigenvalue weighted by Gasteiger charge is -2.39. The average Bonchev–Trinajstić information content (AvgIpc) is 2.83. The van der Waals surface area contributed by atoms with Crippen molar-refractivity contribution in [3.05, 3.63) is 66.0 Å². The van der Waals surface area contributed by atoms with E-state index in [0.29, 0.717) is 0 Å². The number of nitrogens with zero attached hydrogens (tertiary/aromatic N) is 2.